The molecule has 2 aliphatic rings. The Morgan fingerprint density at radius 2 is 1.68 bits per heavy atom. The van der Waals surface area contributed by atoms with Crippen LogP contribution in [0.5, 0.6) is 5.88 Å². The van der Waals surface area contributed by atoms with E-state index in [1.54, 1.807) is 11.9 Å². The molecule has 218 valence electrons. The van der Waals surface area contributed by atoms with E-state index < -0.39 is 47.2 Å². The average Bonchev–Trinajstić information content (AvgIpc) is 3.29. The molecule has 1 aromatic heterocycles. The lowest BCUT2D eigenvalue weighted by Crippen LogP contribution is -2.49. The molecule has 4 unspecified atom stereocenters. The van der Waals surface area contributed by atoms with Crippen molar-refractivity contribution < 1.29 is 32.6 Å². The Balaban J connectivity index is 1.94. The van der Waals surface area contributed by atoms with Crippen molar-refractivity contribution in [3.63, 3.8) is 0 Å². The zero-order chi connectivity index (χ0) is 29.4. The second-order valence-corrected chi connectivity index (χ2v) is 12.0. The van der Waals surface area contributed by atoms with E-state index in [1.165, 1.54) is 12.0 Å². The topological polar surface area (TPSA) is 83.0 Å². The van der Waals surface area contributed by atoms with E-state index in [4.69, 9.17) is 4.74 Å². The van der Waals surface area contributed by atoms with E-state index in [2.05, 4.69) is 4.98 Å². The van der Waals surface area contributed by atoms with Crippen molar-refractivity contribution in [3.8, 4) is 5.88 Å². The molecule has 1 N–H and O–H groups in total. The highest BCUT2D eigenvalue weighted by atomic mass is 19.4. The van der Waals surface area contributed by atoms with Crippen molar-refractivity contribution in [2.45, 2.75) is 77.2 Å². The molecule has 2 fully saturated rings. The number of halogens is 3. The Morgan fingerprint density at radius 3 is 2.20 bits per heavy atom. The number of hydrogen-bond donors (Lipinski definition) is 1. The van der Waals surface area contributed by atoms with Crippen LogP contribution in [0.1, 0.15) is 70.0 Å². The fourth-order valence-electron chi connectivity index (χ4n) is 6.54. The number of amides is 1. The normalized spacial score (nSPS) is 24.1. The van der Waals surface area contributed by atoms with Gasteiger partial charge in [-0.3, -0.25) is 4.79 Å². The highest BCUT2D eigenvalue weighted by molar-refractivity contribution is 5.87. The molecule has 1 saturated heterocycles. The molecule has 1 saturated carbocycles. The number of alkyl halides is 3. The van der Waals surface area contributed by atoms with Crippen molar-refractivity contribution >= 4 is 17.7 Å². The number of nitrogens with zero attached hydrogens (tertiary/aromatic N) is 3. The Labute approximate surface area is 233 Å². The van der Waals surface area contributed by atoms with Gasteiger partial charge in [-0.1, -0.05) is 70.4 Å². The lowest BCUT2D eigenvalue weighted by molar-refractivity contribution is -0.154. The van der Waals surface area contributed by atoms with Gasteiger partial charge in [-0.15, -0.1) is 0 Å². The van der Waals surface area contributed by atoms with Gasteiger partial charge in [-0.2, -0.15) is 18.2 Å². The van der Waals surface area contributed by atoms with Gasteiger partial charge in [0.15, 0.2) is 0 Å². The summed E-state index contributed by atoms with van der Waals surface area (Å²) in [7, 11) is 2.87. The first kappa shape index (κ1) is 29.7. The van der Waals surface area contributed by atoms with Crippen LogP contribution >= 0.6 is 0 Å². The van der Waals surface area contributed by atoms with E-state index in [9.17, 15) is 27.9 Å². The number of aliphatic carboxylic acids is 1. The van der Waals surface area contributed by atoms with E-state index in [1.807, 2.05) is 51.1 Å². The number of methoxy groups -OCH3 is 1. The van der Waals surface area contributed by atoms with Crippen LogP contribution in [0.4, 0.5) is 19.0 Å². The van der Waals surface area contributed by atoms with Gasteiger partial charge in [0.05, 0.1) is 24.8 Å². The summed E-state index contributed by atoms with van der Waals surface area (Å²) in [5.41, 5.74) is -0.837. The number of hydrogen-bond acceptors (Lipinski definition) is 5. The molecule has 10 heteroatoms. The monoisotopic (exact) mass is 561 g/mol. The van der Waals surface area contributed by atoms with Crippen molar-refractivity contribution in [2.24, 2.45) is 17.3 Å². The number of carboxylic acids is 1. The number of ether oxygens (including phenoxy) is 1. The average molecular weight is 562 g/mol. The van der Waals surface area contributed by atoms with Gasteiger partial charge in [0.2, 0.25) is 11.8 Å². The third kappa shape index (κ3) is 5.76. The number of anilines is 1. The van der Waals surface area contributed by atoms with Crippen LogP contribution in [0.3, 0.4) is 0 Å². The number of aromatic nitrogens is 1. The minimum atomic E-state index is -4.64. The first-order valence-electron chi connectivity index (χ1n) is 13.7. The van der Waals surface area contributed by atoms with Gasteiger partial charge >= 0.3 is 12.1 Å². The van der Waals surface area contributed by atoms with Gasteiger partial charge in [0.1, 0.15) is 11.9 Å². The summed E-state index contributed by atoms with van der Waals surface area (Å²) in [6.45, 7) is 5.72. The fraction of sp³-hybridized carbons (Fsp3) is 0.567. The molecule has 2 aromatic rings. The lowest BCUT2D eigenvalue weighted by atomic mass is 9.72. The largest absolute Gasteiger partial charge is 0.481 e. The van der Waals surface area contributed by atoms with Crippen LogP contribution in [0.15, 0.2) is 42.5 Å². The first-order chi connectivity index (χ1) is 18.8. The minimum Gasteiger partial charge on any atom is -0.481 e. The van der Waals surface area contributed by atoms with Gasteiger partial charge in [-0.05, 0) is 29.9 Å². The standard InChI is InChI=1S/C30H38F3N3O4/c1-29(2,3)23-25(35(4)21-16-20(30(31,32)33)17-22(34-21)40-5)24(18-12-8-6-9-13-18)36(26(23)28(38)39)27(37)19-14-10-7-11-15-19/h6,8-9,12-13,16-17,19,23-26H,7,10-11,14-15H2,1-5H3,(H,38,39). The number of benzene rings is 1. The number of pyridine rings is 1. The van der Waals surface area contributed by atoms with Crippen LogP contribution in [0, 0.1) is 17.3 Å². The molecule has 1 aromatic carbocycles. The number of likely N-dealkylation sites (tertiary alicyclic amines) is 1. The summed E-state index contributed by atoms with van der Waals surface area (Å²) in [5.74, 6) is -2.49. The maximum absolute atomic E-state index is 14.2. The molecule has 40 heavy (non-hydrogen) atoms. The van der Waals surface area contributed by atoms with Crippen LogP contribution in [-0.4, -0.2) is 53.1 Å². The molecular formula is C30H38F3N3O4. The number of carbonyl (C=O) groups excluding carboxylic acids is 1. The van der Waals surface area contributed by atoms with Gasteiger partial charge < -0.3 is 19.6 Å². The summed E-state index contributed by atoms with van der Waals surface area (Å²) in [6.07, 6.45) is -0.425. The van der Waals surface area contributed by atoms with Crippen LogP contribution < -0.4 is 9.64 Å². The second kappa shape index (κ2) is 11.3. The second-order valence-electron chi connectivity index (χ2n) is 12.0. The van der Waals surface area contributed by atoms with Crippen LogP contribution in [0.2, 0.25) is 0 Å². The molecule has 0 spiro atoms. The maximum Gasteiger partial charge on any atom is 0.416 e. The van der Waals surface area contributed by atoms with Gasteiger partial charge in [-0.25, -0.2) is 4.79 Å². The molecule has 0 radical (unpaired) electrons. The first-order valence-corrected chi connectivity index (χ1v) is 13.7. The van der Waals surface area contributed by atoms with Gasteiger partial charge in [0, 0.05) is 24.9 Å². The van der Waals surface area contributed by atoms with Crippen molar-refractivity contribution in [3.05, 3.63) is 53.6 Å². The summed E-state index contributed by atoms with van der Waals surface area (Å²) in [5, 5.41) is 10.6. The summed E-state index contributed by atoms with van der Waals surface area (Å²) in [4.78, 5) is 34.7. The molecular weight excluding hydrogens is 523 g/mol. The Kier molecular flexibility index (Phi) is 8.38. The van der Waals surface area contributed by atoms with Crippen LogP contribution in [-0.2, 0) is 15.8 Å². The predicted octanol–water partition coefficient (Wildman–Crippen LogP) is 6.19. The smallest absolute Gasteiger partial charge is 0.416 e. The highest BCUT2D eigenvalue weighted by Gasteiger charge is 2.60. The summed E-state index contributed by atoms with van der Waals surface area (Å²) in [6, 6.07) is 8.34. The highest BCUT2D eigenvalue weighted by Crippen LogP contribution is 2.51. The molecule has 0 bridgehead atoms. The number of rotatable bonds is 6. The van der Waals surface area contributed by atoms with Crippen LogP contribution in [0.25, 0.3) is 0 Å². The summed E-state index contributed by atoms with van der Waals surface area (Å²) >= 11 is 0. The third-order valence-corrected chi connectivity index (χ3v) is 8.37. The number of carboxylic acid groups (broad SMARTS) is 1. The van der Waals surface area contributed by atoms with Gasteiger partial charge in [0.25, 0.3) is 0 Å². The van der Waals surface area contributed by atoms with E-state index in [0.29, 0.717) is 12.8 Å². The Bertz CT molecular complexity index is 1210. The Hall–Kier alpha value is -3.30. The molecule has 4 atom stereocenters. The van der Waals surface area contributed by atoms with E-state index in [0.717, 1.165) is 37.0 Å². The predicted molar refractivity (Wildman–Crippen MR) is 145 cm³/mol. The maximum atomic E-state index is 14.2. The van der Waals surface area contributed by atoms with Crippen molar-refractivity contribution in [2.75, 3.05) is 19.1 Å². The quantitative estimate of drug-likeness (QED) is 0.453. The summed E-state index contributed by atoms with van der Waals surface area (Å²) < 4.78 is 46.6. The van der Waals surface area contributed by atoms with E-state index in [-0.39, 0.29) is 23.5 Å². The zero-order valence-electron chi connectivity index (χ0n) is 23.6. The Morgan fingerprint density at radius 1 is 1.05 bits per heavy atom. The van der Waals surface area contributed by atoms with E-state index >= 15 is 0 Å². The molecule has 2 heterocycles. The molecule has 1 aliphatic carbocycles. The van der Waals surface area contributed by atoms with Crippen molar-refractivity contribution in [1.29, 1.82) is 0 Å². The zero-order valence-corrected chi connectivity index (χ0v) is 23.6. The fourth-order valence-corrected chi connectivity index (χ4v) is 6.54. The number of carbonyl (C=O) groups is 2. The number of likely N-dealkylation sites (N-methyl/N-ethyl adjacent to an activating group) is 1. The third-order valence-electron chi connectivity index (χ3n) is 8.37. The lowest BCUT2D eigenvalue weighted by Gasteiger charge is -2.40. The molecule has 1 aliphatic heterocycles. The molecule has 7 nitrogen and oxygen atoms in total. The molecule has 4 rings (SSSR count). The molecule has 1 amide bonds. The van der Waals surface area contributed by atoms with Crippen molar-refractivity contribution in [1.82, 2.24) is 9.88 Å². The minimum absolute atomic E-state index is 0.0111. The SMILES string of the molecule is COc1cc(C(F)(F)F)cc(N(C)C2C(c3ccccc3)N(C(=O)C3CCCCC3)C(C(=O)O)C2C(C)(C)C)n1.